The van der Waals surface area contributed by atoms with Crippen molar-refractivity contribution in [1.82, 2.24) is 4.90 Å². The molecular formula is C20H24N2O2. The minimum atomic E-state index is -0.147. The molecule has 0 spiro atoms. The Kier molecular flexibility index (Phi) is 5.16. The number of hydrogen-bond donors (Lipinski definition) is 1. The van der Waals surface area contributed by atoms with Gasteiger partial charge in [-0.15, -0.1) is 0 Å². The van der Waals surface area contributed by atoms with Gasteiger partial charge in [-0.2, -0.15) is 0 Å². The van der Waals surface area contributed by atoms with Crippen LogP contribution in [0.1, 0.15) is 24.2 Å². The highest BCUT2D eigenvalue weighted by atomic mass is 16.5. The van der Waals surface area contributed by atoms with Crippen LogP contribution in [0.2, 0.25) is 0 Å². The van der Waals surface area contributed by atoms with Crippen molar-refractivity contribution in [1.29, 1.82) is 0 Å². The van der Waals surface area contributed by atoms with Crippen molar-refractivity contribution >= 4 is 11.6 Å². The summed E-state index contributed by atoms with van der Waals surface area (Å²) in [4.78, 5) is 14.9. The zero-order valence-corrected chi connectivity index (χ0v) is 14.2. The molecule has 24 heavy (non-hydrogen) atoms. The van der Waals surface area contributed by atoms with Gasteiger partial charge in [0.2, 0.25) is 0 Å². The van der Waals surface area contributed by atoms with Crippen LogP contribution in [0.15, 0.2) is 54.6 Å². The highest BCUT2D eigenvalue weighted by Gasteiger charge is 2.34. The van der Waals surface area contributed by atoms with Crippen molar-refractivity contribution in [3.05, 3.63) is 60.2 Å². The summed E-state index contributed by atoms with van der Waals surface area (Å²) in [5.41, 5.74) is 1.35. The Bertz CT molecular complexity index is 685. The number of nitrogens with zero attached hydrogens (tertiary/aromatic N) is 1. The van der Waals surface area contributed by atoms with E-state index in [0.29, 0.717) is 29.9 Å². The summed E-state index contributed by atoms with van der Waals surface area (Å²) in [5, 5.41) is 2.91. The number of ether oxygens (including phenoxy) is 1. The zero-order valence-electron chi connectivity index (χ0n) is 14.2. The lowest BCUT2D eigenvalue weighted by Crippen LogP contribution is -2.17. The smallest absolute Gasteiger partial charge is 0.259 e. The fraction of sp³-hybridized carbons (Fsp3) is 0.350. The number of carbonyl (C=O) groups is 1. The molecule has 1 heterocycles. The maximum Gasteiger partial charge on any atom is 0.259 e. The number of para-hydroxylation sites is 2. The van der Waals surface area contributed by atoms with Gasteiger partial charge in [0.25, 0.3) is 5.91 Å². The van der Waals surface area contributed by atoms with E-state index in [-0.39, 0.29) is 5.91 Å². The number of hydrogen-bond acceptors (Lipinski definition) is 3. The molecule has 4 nitrogen and oxygen atoms in total. The molecule has 1 saturated heterocycles. The standard InChI is InChI=1S/C20H24N2O2/c1-15(2)12-22-13-17(22)14-24-19-11-7-6-10-18(19)20(23)21-16-8-4-3-5-9-16/h3-11,15,17H,12-14H2,1-2H3,(H,21,23). The van der Waals surface area contributed by atoms with Crippen molar-refractivity contribution in [3.8, 4) is 5.75 Å². The van der Waals surface area contributed by atoms with Crippen LogP contribution >= 0.6 is 0 Å². The predicted molar refractivity (Wildman–Crippen MR) is 96.5 cm³/mol. The van der Waals surface area contributed by atoms with Crippen molar-refractivity contribution in [2.75, 3.05) is 25.0 Å². The van der Waals surface area contributed by atoms with E-state index in [0.717, 1.165) is 18.8 Å². The van der Waals surface area contributed by atoms with Crippen molar-refractivity contribution in [2.45, 2.75) is 19.9 Å². The maximum atomic E-state index is 12.5. The first-order chi connectivity index (χ1) is 11.6. The number of rotatable bonds is 7. The third-order valence-electron chi connectivity index (χ3n) is 4.02. The quantitative estimate of drug-likeness (QED) is 0.790. The summed E-state index contributed by atoms with van der Waals surface area (Å²) in [6.45, 7) is 7.25. The second-order valence-electron chi connectivity index (χ2n) is 6.63. The zero-order chi connectivity index (χ0) is 16.9. The van der Waals surface area contributed by atoms with E-state index in [9.17, 15) is 4.79 Å². The normalized spacial score (nSPS) is 19.1. The lowest BCUT2D eigenvalue weighted by Gasteiger charge is -2.12. The van der Waals surface area contributed by atoms with Gasteiger partial charge in [0.05, 0.1) is 11.6 Å². The molecule has 2 aromatic rings. The van der Waals surface area contributed by atoms with E-state index in [2.05, 4.69) is 24.1 Å². The molecular weight excluding hydrogens is 300 g/mol. The van der Waals surface area contributed by atoms with Crippen LogP contribution in [0.4, 0.5) is 5.69 Å². The molecule has 126 valence electrons. The average Bonchev–Trinajstić information content (AvgIpc) is 3.31. The number of carbonyl (C=O) groups excluding carboxylic acids is 1. The maximum absolute atomic E-state index is 12.5. The van der Waals surface area contributed by atoms with Crippen LogP contribution in [0.25, 0.3) is 0 Å². The van der Waals surface area contributed by atoms with E-state index in [1.54, 1.807) is 6.07 Å². The van der Waals surface area contributed by atoms with E-state index >= 15 is 0 Å². The van der Waals surface area contributed by atoms with Crippen LogP contribution in [-0.2, 0) is 0 Å². The number of nitrogens with one attached hydrogen (secondary N) is 1. The lowest BCUT2D eigenvalue weighted by molar-refractivity contribution is 0.102. The van der Waals surface area contributed by atoms with Crippen molar-refractivity contribution in [2.24, 2.45) is 5.92 Å². The lowest BCUT2D eigenvalue weighted by atomic mass is 10.2. The van der Waals surface area contributed by atoms with Gasteiger partial charge >= 0.3 is 0 Å². The highest BCUT2D eigenvalue weighted by Crippen LogP contribution is 2.24. The molecule has 0 bridgehead atoms. The van der Waals surface area contributed by atoms with Crippen molar-refractivity contribution in [3.63, 3.8) is 0 Å². The monoisotopic (exact) mass is 324 g/mol. The summed E-state index contributed by atoms with van der Waals surface area (Å²) in [6.07, 6.45) is 0. The molecule has 1 amide bonds. The molecule has 0 saturated carbocycles. The Morgan fingerprint density at radius 3 is 2.62 bits per heavy atom. The van der Waals surface area contributed by atoms with Gasteiger partial charge in [0.15, 0.2) is 0 Å². The van der Waals surface area contributed by atoms with Crippen LogP contribution in [0.3, 0.4) is 0 Å². The summed E-state index contributed by atoms with van der Waals surface area (Å²) in [7, 11) is 0. The van der Waals surface area contributed by atoms with E-state index < -0.39 is 0 Å². The first-order valence-corrected chi connectivity index (χ1v) is 8.46. The summed E-state index contributed by atoms with van der Waals surface area (Å²) in [5.74, 6) is 1.16. The third-order valence-corrected chi connectivity index (χ3v) is 4.02. The molecule has 2 unspecified atom stereocenters. The second kappa shape index (κ2) is 7.49. The van der Waals surface area contributed by atoms with Gasteiger partial charge in [-0.05, 0) is 30.2 Å². The van der Waals surface area contributed by atoms with Gasteiger partial charge < -0.3 is 10.1 Å². The molecule has 1 N–H and O–H groups in total. The Balaban J connectivity index is 1.60. The van der Waals surface area contributed by atoms with Gasteiger partial charge in [-0.25, -0.2) is 0 Å². The van der Waals surface area contributed by atoms with Gasteiger partial charge in [0, 0.05) is 18.8 Å². The Morgan fingerprint density at radius 1 is 1.17 bits per heavy atom. The van der Waals surface area contributed by atoms with E-state index in [1.165, 1.54) is 0 Å². The Hall–Kier alpha value is -2.33. The Morgan fingerprint density at radius 2 is 1.88 bits per heavy atom. The number of amides is 1. The fourth-order valence-electron chi connectivity index (χ4n) is 2.76. The van der Waals surface area contributed by atoms with E-state index in [4.69, 9.17) is 4.74 Å². The summed E-state index contributed by atoms with van der Waals surface area (Å²) >= 11 is 0. The third kappa shape index (κ3) is 4.36. The van der Waals surface area contributed by atoms with Crippen molar-refractivity contribution < 1.29 is 9.53 Å². The number of anilines is 1. The predicted octanol–water partition coefficient (Wildman–Crippen LogP) is 3.66. The highest BCUT2D eigenvalue weighted by molar-refractivity contribution is 6.06. The van der Waals surface area contributed by atoms with Gasteiger partial charge in [0.1, 0.15) is 12.4 Å². The molecule has 2 aromatic carbocycles. The first kappa shape index (κ1) is 16.5. The summed E-state index contributed by atoms with van der Waals surface area (Å²) in [6, 6.07) is 17.3. The van der Waals surface area contributed by atoms with E-state index in [1.807, 2.05) is 48.5 Å². The molecule has 0 radical (unpaired) electrons. The second-order valence-corrected chi connectivity index (χ2v) is 6.63. The molecule has 0 aromatic heterocycles. The van der Waals surface area contributed by atoms with Crippen LogP contribution < -0.4 is 10.1 Å². The summed E-state index contributed by atoms with van der Waals surface area (Å²) < 4.78 is 5.93. The molecule has 2 atom stereocenters. The SMILES string of the molecule is CC(C)CN1CC1COc1ccccc1C(=O)Nc1ccccc1. The fourth-order valence-corrected chi connectivity index (χ4v) is 2.76. The minimum absolute atomic E-state index is 0.147. The van der Waals surface area contributed by atoms with Gasteiger partial charge in [-0.3, -0.25) is 9.69 Å². The van der Waals surface area contributed by atoms with Gasteiger partial charge in [-0.1, -0.05) is 44.2 Å². The molecule has 4 heteroatoms. The van der Waals surface area contributed by atoms with Crippen LogP contribution in [0, 0.1) is 5.92 Å². The Labute approximate surface area is 143 Å². The first-order valence-electron chi connectivity index (χ1n) is 8.46. The van der Waals surface area contributed by atoms with Crippen LogP contribution in [-0.4, -0.2) is 36.5 Å². The molecule has 0 aliphatic carbocycles. The minimum Gasteiger partial charge on any atom is -0.491 e. The largest absolute Gasteiger partial charge is 0.491 e. The van der Waals surface area contributed by atoms with Crippen LogP contribution in [0.5, 0.6) is 5.75 Å². The number of benzene rings is 2. The topological polar surface area (TPSA) is 41.3 Å². The molecule has 1 aliphatic heterocycles. The average molecular weight is 324 g/mol. The molecule has 3 rings (SSSR count). The molecule has 1 fully saturated rings. The molecule has 1 aliphatic rings.